The van der Waals surface area contributed by atoms with Gasteiger partial charge in [0.15, 0.2) is 0 Å². The molecule has 4 heteroatoms. The van der Waals surface area contributed by atoms with Crippen molar-refractivity contribution in [2.75, 3.05) is 6.54 Å². The van der Waals surface area contributed by atoms with Crippen molar-refractivity contribution in [1.82, 2.24) is 4.31 Å². The monoisotopic (exact) mass is 279 g/mol. The van der Waals surface area contributed by atoms with E-state index in [0.29, 0.717) is 5.92 Å². The van der Waals surface area contributed by atoms with E-state index in [1.165, 1.54) is 12.8 Å². The Bertz CT molecular complexity index is 546. The van der Waals surface area contributed by atoms with Gasteiger partial charge < -0.3 is 0 Å². The van der Waals surface area contributed by atoms with Crippen LogP contribution in [-0.4, -0.2) is 25.3 Å². The average molecular weight is 279 g/mol. The highest BCUT2D eigenvalue weighted by molar-refractivity contribution is 7.88. The van der Waals surface area contributed by atoms with Crippen LogP contribution in [0.5, 0.6) is 0 Å². The van der Waals surface area contributed by atoms with Crippen molar-refractivity contribution in [3.8, 4) is 0 Å². The van der Waals surface area contributed by atoms with Gasteiger partial charge in [-0.1, -0.05) is 29.8 Å². The molecule has 1 heterocycles. The van der Waals surface area contributed by atoms with Gasteiger partial charge in [-0.25, -0.2) is 8.42 Å². The topological polar surface area (TPSA) is 37.4 Å². The third-order valence-corrected chi connectivity index (χ3v) is 6.11. The van der Waals surface area contributed by atoms with E-state index in [9.17, 15) is 8.42 Å². The maximum Gasteiger partial charge on any atom is 0.218 e. The van der Waals surface area contributed by atoms with Crippen LogP contribution >= 0.6 is 0 Å². The Hall–Kier alpha value is -0.870. The van der Waals surface area contributed by atoms with Crippen LogP contribution in [0.1, 0.15) is 36.8 Å². The predicted molar refractivity (Wildman–Crippen MR) is 76.3 cm³/mol. The van der Waals surface area contributed by atoms with Gasteiger partial charge in [-0.2, -0.15) is 4.31 Å². The summed E-state index contributed by atoms with van der Waals surface area (Å²) in [6, 6.07) is 8.10. The number of hydrogen-bond acceptors (Lipinski definition) is 2. The lowest BCUT2D eigenvalue weighted by Gasteiger charge is -2.24. The molecular formula is C15H21NO2S. The fraction of sp³-hybridized carbons (Fsp3) is 0.600. The van der Waals surface area contributed by atoms with Gasteiger partial charge in [-0.15, -0.1) is 0 Å². The number of benzene rings is 1. The third-order valence-electron chi connectivity index (χ3n) is 4.24. The molecule has 1 aromatic rings. The lowest BCUT2D eigenvalue weighted by atomic mass is 10.1. The van der Waals surface area contributed by atoms with Crippen LogP contribution in [0.25, 0.3) is 0 Å². The zero-order valence-corrected chi connectivity index (χ0v) is 12.2. The van der Waals surface area contributed by atoms with Gasteiger partial charge in [0, 0.05) is 12.6 Å². The minimum absolute atomic E-state index is 0.149. The zero-order chi connectivity index (χ0) is 13.5. The maximum absolute atomic E-state index is 12.6. The standard InChI is InChI=1S/C15H21NO2S/c1-12-4-6-13(7-5-12)11-19(17,18)16-10-2-3-15(16)14-8-9-14/h4-7,14-15H,2-3,8-11H2,1H3. The molecule has 2 fully saturated rings. The molecule has 1 aliphatic heterocycles. The Morgan fingerprint density at radius 1 is 1.16 bits per heavy atom. The number of nitrogens with zero attached hydrogens (tertiary/aromatic N) is 1. The number of aryl methyl sites for hydroxylation is 1. The fourth-order valence-electron chi connectivity index (χ4n) is 3.04. The summed E-state index contributed by atoms with van der Waals surface area (Å²) in [6.45, 7) is 2.73. The molecule has 1 saturated carbocycles. The molecule has 1 aliphatic carbocycles. The first kappa shape index (κ1) is 13.1. The summed E-state index contributed by atoms with van der Waals surface area (Å²) in [7, 11) is -3.15. The van der Waals surface area contributed by atoms with Gasteiger partial charge in [0.05, 0.1) is 5.75 Å². The van der Waals surface area contributed by atoms with Gasteiger partial charge in [0.25, 0.3) is 0 Å². The Kier molecular flexibility index (Phi) is 3.39. The Balaban J connectivity index is 1.76. The lowest BCUT2D eigenvalue weighted by molar-refractivity contribution is 0.356. The average Bonchev–Trinajstić information content (AvgIpc) is 3.09. The lowest BCUT2D eigenvalue weighted by Crippen LogP contribution is -2.37. The van der Waals surface area contributed by atoms with Crippen LogP contribution in [0.3, 0.4) is 0 Å². The summed E-state index contributed by atoms with van der Waals surface area (Å²) in [5, 5.41) is 0. The van der Waals surface area contributed by atoms with Crippen molar-refractivity contribution in [3.63, 3.8) is 0 Å². The molecule has 0 radical (unpaired) electrons. The highest BCUT2D eigenvalue weighted by atomic mass is 32.2. The van der Waals surface area contributed by atoms with Crippen LogP contribution in [-0.2, 0) is 15.8 Å². The SMILES string of the molecule is Cc1ccc(CS(=O)(=O)N2CCCC2C2CC2)cc1. The summed E-state index contributed by atoms with van der Waals surface area (Å²) < 4.78 is 26.9. The van der Waals surface area contributed by atoms with Crippen molar-refractivity contribution in [1.29, 1.82) is 0 Å². The van der Waals surface area contributed by atoms with Crippen molar-refractivity contribution < 1.29 is 8.42 Å². The summed E-state index contributed by atoms with van der Waals surface area (Å²) in [5.41, 5.74) is 2.06. The predicted octanol–water partition coefficient (Wildman–Crippen LogP) is 2.70. The number of hydrogen-bond donors (Lipinski definition) is 0. The first-order valence-corrected chi connectivity index (χ1v) is 8.72. The van der Waals surface area contributed by atoms with E-state index in [1.807, 2.05) is 31.2 Å². The summed E-state index contributed by atoms with van der Waals surface area (Å²) >= 11 is 0. The second-order valence-corrected chi connectivity index (χ2v) is 7.82. The Morgan fingerprint density at radius 2 is 1.84 bits per heavy atom. The quantitative estimate of drug-likeness (QED) is 0.850. The van der Waals surface area contributed by atoms with E-state index in [4.69, 9.17) is 0 Å². The molecule has 1 aromatic carbocycles. The second-order valence-electron chi connectivity index (χ2n) is 5.90. The minimum atomic E-state index is -3.15. The van der Waals surface area contributed by atoms with E-state index in [2.05, 4.69) is 0 Å². The van der Waals surface area contributed by atoms with E-state index in [0.717, 1.165) is 30.5 Å². The molecule has 1 saturated heterocycles. The maximum atomic E-state index is 12.6. The number of rotatable bonds is 4. The van der Waals surface area contributed by atoms with Gasteiger partial charge in [0.2, 0.25) is 10.0 Å². The van der Waals surface area contributed by atoms with E-state index < -0.39 is 10.0 Å². The molecule has 1 atom stereocenters. The van der Waals surface area contributed by atoms with E-state index in [1.54, 1.807) is 4.31 Å². The highest BCUT2D eigenvalue weighted by Gasteiger charge is 2.42. The van der Waals surface area contributed by atoms with Crippen LogP contribution in [0.4, 0.5) is 0 Å². The van der Waals surface area contributed by atoms with Crippen LogP contribution in [0.15, 0.2) is 24.3 Å². The minimum Gasteiger partial charge on any atom is -0.212 e. The molecule has 0 amide bonds. The molecule has 0 N–H and O–H groups in total. The van der Waals surface area contributed by atoms with E-state index in [-0.39, 0.29) is 11.8 Å². The summed E-state index contributed by atoms with van der Waals surface area (Å²) in [4.78, 5) is 0. The van der Waals surface area contributed by atoms with Gasteiger partial charge >= 0.3 is 0 Å². The van der Waals surface area contributed by atoms with Crippen molar-refractivity contribution in [2.45, 2.75) is 44.4 Å². The largest absolute Gasteiger partial charge is 0.218 e. The molecule has 2 aliphatic rings. The van der Waals surface area contributed by atoms with Gasteiger partial charge in [-0.3, -0.25) is 0 Å². The second kappa shape index (κ2) is 4.91. The van der Waals surface area contributed by atoms with Crippen molar-refractivity contribution in [2.24, 2.45) is 5.92 Å². The van der Waals surface area contributed by atoms with Gasteiger partial charge in [0.1, 0.15) is 0 Å². The molecule has 19 heavy (non-hydrogen) atoms. The molecule has 104 valence electrons. The molecule has 1 unspecified atom stereocenters. The van der Waals surface area contributed by atoms with E-state index >= 15 is 0 Å². The zero-order valence-electron chi connectivity index (χ0n) is 11.4. The van der Waals surface area contributed by atoms with Gasteiger partial charge in [-0.05, 0) is 44.1 Å². The molecular weight excluding hydrogens is 258 g/mol. The van der Waals surface area contributed by atoms with Crippen LogP contribution in [0.2, 0.25) is 0 Å². The van der Waals surface area contributed by atoms with Crippen LogP contribution in [0, 0.1) is 12.8 Å². The smallest absolute Gasteiger partial charge is 0.212 e. The van der Waals surface area contributed by atoms with Crippen molar-refractivity contribution >= 4 is 10.0 Å². The fourth-order valence-corrected chi connectivity index (χ4v) is 4.92. The normalized spacial score (nSPS) is 24.8. The number of sulfonamides is 1. The summed E-state index contributed by atoms with van der Waals surface area (Å²) in [5.74, 6) is 0.784. The molecule has 0 spiro atoms. The van der Waals surface area contributed by atoms with Crippen LogP contribution < -0.4 is 0 Å². The first-order valence-electron chi connectivity index (χ1n) is 7.11. The molecule has 0 bridgehead atoms. The third kappa shape index (κ3) is 2.84. The molecule has 3 nitrogen and oxygen atoms in total. The van der Waals surface area contributed by atoms with Crippen molar-refractivity contribution in [3.05, 3.63) is 35.4 Å². The summed E-state index contributed by atoms with van der Waals surface area (Å²) in [6.07, 6.45) is 4.49. The molecule has 3 rings (SSSR count). The first-order chi connectivity index (χ1) is 9.06. The molecule has 0 aromatic heterocycles. The highest BCUT2D eigenvalue weighted by Crippen LogP contribution is 2.41. The Morgan fingerprint density at radius 3 is 2.47 bits per heavy atom. The Labute approximate surface area is 115 Å².